The van der Waals surface area contributed by atoms with E-state index in [4.69, 9.17) is 44.3 Å². The van der Waals surface area contributed by atoms with Gasteiger partial charge in [0.15, 0.2) is 29.0 Å². The van der Waals surface area contributed by atoms with E-state index >= 15 is 0 Å². The Morgan fingerprint density at radius 2 is 1.55 bits per heavy atom. The van der Waals surface area contributed by atoms with Crippen molar-refractivity contribution in [2.75, 3.05) is 11.9 Å². The number of rotatable bonds is 13. The summed E-state index contributed by atoms with van der Waals surface area (Å²) < 4.78 is 58.7. The molecule has 300 valence electrons. The fourth-order valence-corrected chi connectivity index (χ4v) is 7.73. The molecule has 56 heavy (non-hydrogen) atoms. The van der Waals surface area contributed by atoms with E-state index in [-0.39, 0.29) is 35.5 Å². The predicted octanol–water partition coefficient (Wildman–Crippen LogP) is 5.38. The quantitative estimate of drug-likeness (QED) is 0.0879. The minimum Gasteiger partial charge on any atom is -0.444 e. The number of carbonyl (C=O) groups is 3. The Morgan fingerprint density at radius 1 is 0.946 bits per heavy atom. The largest absolute Gasteiger partial charge is 0.444 e. The van der Waals surface area contributed by atoms with Crippen LogP contribution in [0.3, 0.4) is 0 Å². The molecule has 2 aliphatic heterocycles. The van der Waals surface area contributed by atoms with Crippen molar-refractivity contribution in [3.8, 4) is 0 Å². The van der Waals surface area contributed by atoms with Gasteiger partial charge in [-0.25, -0.2) is 9.78 Å². The summed E-state index contributed by atoms with van der Waals surface area (Å²) in [6.45, 7) is 9.01. The van der Waals surface area contributed by atoms with Crippen molar-refractivity contribution in [2.24, 2.45) is 0 Å². The molecular weight excluding hydrogens is 773 g/mol. The summed E-state index contributed by atoms with van der Waals surface area (Å²) in [5, 5.41) is 2.37. The SMILES string of the molecule is CC(=O)NNC(=O)C(OC[C@H]1O[C@@H](n2cnc3c(NC(=O)OC(C)(C)C)nc(Cl)nc32)[C@@H]2OC(C)(C)O[C@@H]21)P(=O)(OCc1ccccc1)OCc1ccccc1. The average molecular weight is 816 g/mol. The monoisotopic (exact) mass is 815 g/mol. The number of hydrogen-bond donors (Lipinski definition) is 3. The highest BCUT2D eigenvalue weighted by atomic mass is 35.5. The molecule has 4 aromatic rings. The molecule has 3 amide bonds. The molecule has 0 saturated carbocycles. The van der Waals surface area contributed by atoms with Gasteiger partial charge in [-0.3, -0.25) is 34.9 Å². The first kappa shape index (κ1) is 41.1. The number of carbonyl (C=O) groups excluding carboxylic acids is 3. The zero-order valence-electron chi connectivity index (χ0n) is 31.5. The van der Waals surface area contributed by atoms with E-state index in [1.54, 1.807) is 87.7 Å². The molecule has 0 aliphatic carbocycles. The van der Waals surface area contributed by atoms with Crippen LogP contribution in [0.25, 0.3) is 11.2 Å². The molecule has 0 radical (unpaired) electrons. The lowest BCUT2D eigenvalue weighted by atomic mass is 10.1. The third-order valence-electron chi connectivity index (χ3n) is 8.21. The van der Waals surface area contributed by atoms with Crippen molar-refractivity contribution in [2.45, 2.75) is 96.5 Å². The van der Waals surface area contributed by atoms with Gasteiger partial charge in [0.2, 0.25) is 17.0 Å². The second-order valence-corrected chi connectivity index (χ2v) is 16.7. The van der Waals surface area contributed by atoms with Gasteiger partial charge in [0.25, 0.3) is 5.91 Å². The molecule has 5 atom stereocenters. The van der Waals surface area contributed by atoms with Gasteiger partial charge in [-0.05, 0) is 57.3 Å². The zero-order chi connectivity index (χ0) is 40.3. The van der Waals surface area contributed by atoms with Crippen LogP contribution in [0.4, 0.5) is 10.6 Å². The number of amides is 3. The van der Waals surface area contributed by atoms with Crippen LogP contribution in [0.5, 0.6) is 0 Å². The lowest BCUT2D eigenvalue weighted by Crippen LogP contribution is -2.47. The third-order valence-corrected chi connectivity index (χ3v) is 10.3. The normalized spacial score (nSPS) is 21.0. The van der Waals surface area contributed by atoms with Crippen molar-refractivity contribution >= 4 is 54.1 Å². The highest BCUT2D eigenvalue weighted by Gasteiger charge is 2.57. The van der Waals surface area contributed by atoms with Gasteiger partial charge in [0, 0.05) is 6.92 Å². The van der Waals surface area contributed by atoms with Crippen LogP contribution in [0.1, 0.15) is 58.9 Å². The third kappa shape index (κ3) is 10.1. The Bertz CT molecular complexity index is 2040. The van der Waals surface area contributed by atoms with Gasteiger partial charge in [-0.2, -0.15) is 9.97 Å². The number of benzene rings is 2. The summed E-state index contributed by atoms with van der Waals surface area (Å²) in [4.78, 5) is 51.0. The summed E-state index contributed by atoms with van der Waals surface area (Å²) in [6, 6.07) is 17.8. The molecule has 4 heterocycles. The molecule has 3 N–H and O–H groups in total. The maximum Gasteiger partial charge on any atom is 0.413 e. The highest BCUT2D eigenvalue weighted by molar-refractivity contribution is 7.55. The van der Waals surface area contributed by atoms with Gasteiger partial charge in [-0.1, -0.05) is 60.7 Å². The number of halogens is 1. The number of anilines is 1. The second-order valence-electron chi connectivity index (χ2n) is 14.3. The number of fused-ring (bicyclic) bond motifs is 2. The van der Waals surface area contributed by atoms with E-state index in [1.807, 2.05) is 12.1 Å². The number of imidazole rings is 1. The van der Waals surface area contributed by atoms with Crippen LogP contribution in [-0.2, 0) is 60.1 Å². The topological polar surface area (TPSA) is 213 Å². The van der Waals surface area contributed by atoms with Crippen molar-refractivity contribution in [3.05, 3.63) is 83.4 Å². The minimum absolute atomic E-state index is 0.00105. The summed E-state index contributed by atoms with van der Waals surface area (Å²) >= 11 is 6.31. The van der Waals surface area contributed by atoms with Crippen LogP contribution >= 0.6 is 19.2 Å². The lowest BCUT2D eigenvalue weighted by Gasteiger charge is -2.28. The number of aromatic nitrogens is 4. The summed E-state index contributed by atoms with van der Waals surface area (Å²) in [6.07, 6.45) is -2.84. The van der Waals surface area contributed by atoms with Crippen molar-refractivity contribution in [3.63, 3.8) is 0 Å². The molecule has 2 aromatic carbocycles. The first-order valence-corrected chi connectivity index (χ1v) is 19.5. The zero-order valence-corrected chi connectivity index (χ0v) is 33.1. The lowest BCUT2D eigenvalue weighted by molar-refractivity contribution is -0.202. The van der Waals surface area contributed by atoms with E-state index in [0.717, 1.165) is 0 Å². The van der Waals surface area contributed by atoms with Gasteiger partial charge in [0.1, 0.15) is 23.9 Å². The summed E-state index contributed by atoms with van der Waals surface area (Å²) in [5.41, 5.74) is 5.33. The van der Waals surface area contributed by atoms with Crippen molar-refractivity contribution < 1.29 is 51.7 Å². The van der Waals surface area contributed by atoms with Gasteiger partial charge < -0.3 is 32.7 Å². The maximum atomic E-state index is 14.8. The van der Waals surface area contributed by atoms with Crippen molar-refractivity contribution in [1.29, 1.82) is 0 Å². The Hall–Kier alpha value is -4.52. The fraction of sp³-hybridized carbons (Fsp3) is 0.444. The molecule has 2 aromatic heterocycles. The molecule has 0 spiro atoms. The van der Waals surface area contributed by atoms with Crippen LogP contribution in [-0.4, -0.2) is 79.6 Å². The van der Waals surface area contributed by atoms with E-state index in [2.05, 4.69) is 31.1 Å². The molecule has 2 saturated heterocycles. The first-order valence-electron chi connectivity index (χ1n) is 17.6. The predicted molar refractivity (Wildman–Crippen MR) is 200 cm³/mol. The van der Waals surface area contributed by atoms with Crippen molar-refractivity contribution in [1.82, 2.24) is 30.4 Å². The Morgan fingerprint density at radius 3 is 2.14 bits per heavy atom. The number of nitrogens with one attached hydrogen (secondary N) is 3. The molecular formula is C36H43ClN7O11P. The first-order chi connectivity index (χ1) is 26.5. The number of ether oxygens (including phenoxy) is 5. The molecule has 18 nitrogen and oxygen atoms in total. The van der Waals surface area contributed by atoms with E-state index in [1.165, 1.54) is 13.3 Å². The standard InChI is InChI=1S/C36H43ClN7O11P/c1-21(45)42-43-30(46)32(56(48,50-17-22-13-9-7-10-14-22)51-18-23-15-11-8-12-16-23)49-19-24-26-27(54-36(5,6)53-26)31(52-24)44-20-38-25-28(39-33(37)41-29(25)44)40-34(47)55-35(2,3)4/h7-16,20,24,26-27,31-32H,17-19H2,1-6H3,(H,42,45)(H,43,46)(H,39,40,41,47)/t24-,26-,27-,31-,32?/m1/s1. The van der Waals surface area contributed by atoms with E-state index < -0.39 is 73.9 Å². The second kappa shape index (κ2) is 16.9. The minimum atomic E-state index is -4.52. The molecule has 1 unspecified atom stereocenters. The average Bonchev–Trinajstić information content (AvgIpc) is 3.79. The van der Waals surface area contributed by atoms with Crippen LogP contribution in [0, 0.1) is 0 Å². The molecule has 0 bridgehead atoms. The van der Waals surface area contributed by atoms with E-state index in [0.29, 0.717) is 11.1 Å². The number of nitrogens with zero attached hydrogens (tertiary/aromatic N) is 4. The van der Waals surface area contributed by atoms with Gasteiger partial charge in [-0.15, -0.1) is 0 Å². The molecule has 20 heteroatoms. The Labute approximate surface area is 327 Å². The van der Waals surface area contributed by atoms with Crippen LogP contribution in [0.15, 0.2) is 67.0 Å². The van der Waals surface area contributed by atoms with Gasteiger partial charge in [0.05, 0.1) is 26.1 Å². The van der Waals surface area contributed by atoms with Gasteiger partial charge >= 0.3 is 13.7 Å². The Kier molecular flexibility index (Phi) is 12.4. The number of hydrogen-bond acceptors (Lipinski definition) is 14. The summed E-state index contributed by atoms with van der Waals surface area (Å²) in [5.74, 6) is -4.58. The maximum absolute atomic E-state index is 14.8. The number of hydrazine groups is 1. The molecule has 6 rings (SSSR count). The fourth-order valence-electron chi connectivity index (χ4n) is 5.94. The summed E-state index contributed by atoms with van der Waals surface area (Å²) in [7, 11) is -4.52. The molecule has 2 fully saturated rings. The van der Waals surface area contributed by atoms with Crippen LogP contribution in [0.2, 0.25) is 5.28 Å². The van der Waals surface area contributed by atoms with Crippen LogP contribution < -0.4 is 16.2 Å². The molecule has 2 aliphatic rings. The Balaban J connectivity index is 1.29. The smallest absolute Gasteiger partial charge is 0.413 e. The highest BCUT2D eigenvalue weighted by Crippen LogP contribution is 2.55. The van der Waals surface area contributed by atoms with E-state index in [9.17, 15) is 18.9 Å².